The van der Waals surface area contributed by atoms with Gasteiger partial charge in [-0.05, 0) is 30.3 Å². The highest BCUT2D eigenvalue weighted by molar-refractivity contribution is 6.05. The molecule has 3 aromatic rings. The molecule has 0 spiro atoms. The number of hydrogen-bond acceptors (Lipinski definition) is 5. The highest BCUT2D eigenvalue weighted by Crippen LogP contribution is 2.36. The van der Waals surface area contributed by atoms with Crippen molar-refractivity contribution in [3.05, 3.63) is 48.0 Å². The number of aromatic carboxylic acids is 1. The molecule has 1 heterocycles. The molecule has 1 N–H and O–H groups in total. The van der Waals surface area contributed by atoms with Crippen molar-refractivity contribution >= 4 is 16.9 Å². The first kappa shape index (κ1) is 16.6. The molecule has 0 aliphatic rings. The van der Waals surface area contributed by atoms with Gasteiger partial charge in [-0.3, -0.25) is 0 Å². The lowest BCUT2D eigenvalue weighted by molar-refractivity contribution is 0.0699. The molecule has 0 radical (unpaired) electrons. The van der Waals surface area contributed by atoms with Gasteiger partial charge in [-0.1, -0.05) is 12.1 Å². The van der Waals surface area contributed by atoms with Crippen LogP contribution in [0.25, 0.3) is 22.2 Å². The third kappa shape index (κ3) is 2.94. The van der Waals surface area contributed by atoms with E-state index in [1.54, 1.807) is 50.6 Å². The van der Waals surface area contributed by atoms with Crippen LogP contribution in [0.3, 0.4) is 0 Å². The average molecular weight is 339 g/mol. The summed E-state index contributed by atoms with van der Waals surface area (Å²) >= 11 is 0. The number of benzene rings is 2. The third-order valence-electron chi connectivity index (χ3n) is 3.94. The standard InChI is InChI=1S/C19H17NO5/c1-23-11-7-8-16(24-2)14(9-11)15-10-13(19(21)22)12-5-4-6-17(25-3)18(12)20-15/h4-10H,1-3H3,(H,21,22). The number of ether oxygens (including phenoxy) is 3. The molecule has 0 atom stereocenters. The van der Waals surface area contributed by atoms with Gasteiger partial charge < -0.3 is 19.3 Å². The van der Waals surface area contributed by atoms with Crippen LogP contribution in [0.4, 0.5) is 0 Å². The second kappa shape index (κ2) is 6.68. The van der Waals surface area contributed by atoms with Crippen LogP contribution < -0.4 is 14.2 Å². The number of nitrogens with zero attached hydrogens (tertiary/aromatic N) is 1. The maximum absolute atomic E-state index is 11.8. The normalized spacial score (nSPS) is 10.5. The minimum atomic E-state index is -1.04. The van der Waals surface area contributed by atoms with Gasteiger partial charge >= 0.3 is 5.97 Å². The molecule has 0 fully saturated rings. The lowest BCUT2D eigenvalue weighted by atomic mass is 10.0. The van der Waals surface area contributed by atoms with E-state index in [0.717, 1.165) is 0 Å². The number of carbonyl (C=O) groups is 1. The molecule has 0 aliphatic carbocycles. The van der Waals surface area contributed by atoms with Gasteiger partial charge in [0.2, 0.25) is 0 Å². The van der Waals surface area contributed by atoms with Crippen LogP contribution in [0.1, 0.15) is 10.4 Å². The largest absolute Gasteiger partial charge is 0.497 e. The predicted octanol–water partition coefficient (Wildman–Crippen LogP) is 3.63. The molecule has 6 heteroatoms. The van der Waals surface area contributed by atoms with Crippen molar-refractivity contribution < 1.29 is 24.1 Å². The number of carboxylic acids is 1. The summed E-state index contributed by atoms with van der Waals surface area (Å²) < 4.78 is 16.0. The lowest BCUT2D eigenvalue weighted by Crippen LogP contribution is -2.02. The number of methoxy groups -OCH3 is 3. The second-order valence-electron chi connectivity index (χ2n) is 5.28. The summed E-state index contributed by atoms with van der Waals surface area (Å²) in [5.41, 5.74) is 1.72. The number of carboxylic acid groups (broad SMARTS) is 1. The van der Waals surface area contributed by atoms with Crippen molar-refractivity contribution in [1.29, 1.82) is 0 Å². The van der Waals surface area contributed by atoms with E-state index in [1.807, 2.05) is 0 Å². The summed E-state index contributed by atoms with van der Waals surface area (Å²) in [6.45, 7) is 0. The quantitative estimate of drug-likeness (QED) is 0.765. The fraction of sp³-hybridized carbons (Fsp3) is 0.158. The van der Waals surface area contributed by atoms with Crippen molar-refractivity contribution in [2.75, 3.05) is 21.3 Å². The van der Waals surface area contributed by atoms with Crippen LogP contribution in [0, 0.1) is 0 Å². The maximum atomic E-state index is 11.8. The highest BCUT2D eigenvalue weighted by Gasteiger charge is 2.18. The Kier molecular flexibility index (Phi) is 4.43. The summed E-state index contributed by atoms with van der Waals surface area (Å²) in [6, 6.07) is 12.0. The Morgan fingerprint density at radius 2 is 1.72 bits per heavy atom. The minimum absolute atomic E-state index is 0.142. The van der Waals surface area contributed by atoms with Gasteiger partial charge in [0, 0.05) is 10.9 Å². The van der Waals surface area contributed by atoms with Crippen molar-refractivity contribution in [2.45, 2.75) is 0 Å². The monoisotopic (exact) mass is 339 g/mol. The molecule has 0 saturated carbocycles. The van der Waals surface area contributed by atoms with E-state index in [4.69, 9.17) is 14.2 Å². The highest BCUT2D eigenvalue weighted by atomic mass is 16.5. The lowest BCUT2D eigenvalue weighted by Gasteiger charge is -2.13. The number of fused-ring (bicyclic) bond motifs is 1. The minimum Gasteiger partial charge on any atom is -0.497 e. The number of rotatable bonds is 5. The van der Waals surface area contributed by atoms with Crippen molar-refractivity contribution in [3.8, 4) is 28.5 Å². The molecule has 0 amide bonds. The molecule has 0 unspecified atom stereocenters. The zero-order valence-electron chi connectivity index (χ0n) is 14.1. The Morgan fingerprint density at radius 3 is 2.36 bits per heavy atom. The van der Waals surface area contributed by atoms with E-state index in [1.165, 1.54) is 13.2 Å². The van der Waals surface area contributed by atoms with E-state index in [-0.39, 0.29) is 5.56 Å². The fourth-order valence-corrected chi connectivity index (χ4v) is 2.72. The van der Waals surface area contributed by atoms with Crippen molar-refractivity contribution in [3.63, 3.8) is 0 Å². The second-order valence-corrected chi connectivity index (χ2v) is 5.28. The van der Waals surface area contributed by atoms with E-state index in [9.17, 15) is 9.90 Å². The summed E-state index contributed by atoms with van der Waals surface area (Å²) in [7, 11) is 4.63. The van der Waals surface area contributed by atoms with E-state index in [0.29, 0.717) is 39.4 Å². The molecule has 25 heavy (non-hydrogen) atoms. The topological polar surface area (TPSA) is 77.9 Å². The molecule has 2 aromatic carbocycles. The first-order valence-corrected chi connectivity index (χ1v) is 7.52. The van der Waals surface area contributed by atoms with Crippen LogP contribution in [-0.4, -0.2) is 37.4 Å². The van der Waals surface area contributed by atoms with E-state index in [2.05, 4.69) is 4.98 Å². The van der Waals surface area contributed by atoms with Crippen LogP contribution in [0.5, 0.6) is 17.2 Å². The van der Waals surface area contributed by atoms with Crippen molar-refractivity contribution in [2.24, 2.45) is 0 Å². The molecule has 0 saturated heterocycles. The molecular formula is C19H17NO5. The zero-order valence-corrected chi connectivity index (χ0v) is 14.1. The molecule has 3 rings (SSSR count). The number of pyridine rings is 1. The maximum Gasteiger partial charge on any atom is 0.336 e. The fourth-order valence-electron chi connectivity index (χ4n) is 2.72. The van der Waals surface area contributed by atoms with Gasteiger partial charge in [0.05, 0.1) is 32.6 Å². The van der Waals surface area contributed by atoms with Gasteiger partial charge in [-0.15, -0.1) is 0 Å². The molecule has 0 bridgehead atoms. The summed E-state index contributed by atoms with van der Waals surface area (Å²) in [6.07, 6.45) is 0. The molecule has 6 nitrogen and oxygen atoms in total. The summed E-state index contributed by atoms with van der Waals surface area (Å²) in [5, 5.41) is 10.1. The number of hydrogen-bond donors (Lipinski definition) is 1. The first-order chi connectivity index (χ1) is 12.1. The first-order valence-electron chi connectivity index (χ1n) is 7.52. The van der Waals surface area contributed by atoms with Crippen LogP contribution in [-0.2, 0) is 0 Å². The van der Waals surface area contributed by atoms with Crippen molar-refractivity contribution in [1.82, 2.24) is 4.98 Å². The molecule has 1 aromatic heterocycles. The SMILES string of the molecule is COc1ccc(OC)c(-c2cc(C(=O)O)c3cccc(OC)c3n2)c1. The smallest absolute Gasteiger partial charge is 0.336 e. The summed E-state index contributed by atoms with van der Waals surface area (Å²) in [4.78, 5) is 16.4. The van der Waals surface area contributed by atoms with E-state index < -0.39 is 5.97 Å². The van der Waals surface area contributed by atoms with Gasteiger partial charge in [0.25, 0.3) is 0 Å². The van der Waals surface area contributed by atoms with E-state index >= 15 is 0 Å². The Bertz CT molecular complexity index is 952. The zero-order chi connectivity index (χ0) is 18.0. The predicted molar refractivity (Wildman–Crippen MR) is 93.8 cm³/mol. The molecular weight excluding hydrogens is 322 g/mol. The third-order valence-corrected chi connectivity index (χ3v) is 3.94. The van der Waals surface area contributed by atoms with Gasteiger partial charge in [0.15, 0.2) is 0 Å². The average Bonchev–Trinajstić information content (AvgIpc) is 2.65. The van der Waals surface area contributed by atoms with Gasteiger partial charge in [-0.25, -0.2) is 9.78 Å². The van der Waals surface area contributed by atoms with Gasteiger partial charge in [0.1, 0.15) is 22.8 Å². The Hall–Kier alpha value is -3.28. The summed E-state index contributed by atoms with van der Waals surface area (Å²) in [5.74, 6) is 0.654. The van der Waals surface area contributed by atoms with Gasteiger partial charge in [-0.2, -0.15) is 0 Å². The molecule has 128 valence electrons. The molecule has 0 aliphatic heterocycles. The Balaban J connectivity index is 2.36. The number of aromatic nitrogens is 1. The Morgan fingerprint density at radius 1 is 0.960 bits per heavy atom. The Labute approximate surface area is 144 Å². The van der Waals surface area contributed by atoms with Crippen LogP contribution in [0.2, 0.25) is 0 Å². The van der Waals surface area contributed by atoms with Crippen LogP contribution >= 0.6 is 0 Å². The number of para-hydroxylation sites is 1. The van der Waals surface area contributed by atoms with Crippen LogP contribution in [0.15, 0.2) is 42.5 Å².